The molecule has 0 radical (unpaired) electrons. The smallest absolute Gasteiger partial charge is 0.407 e. The minimum Gasteiger partial charge on any atom is -0.445 e. The quantitative estimate of drug-likeness (QED) is 0.782. The highest BCUT2D eigenvalue weighted by atomic mass is 16.6. The van der Waals surface area contributed by atoms with Crippen LogP contribution in [0.4, 0.5) is 4.79 Å². The molecule has 1 saturated heterocycles. The van der Waals surface area contributed by atoms with Crippen LogP contribution in [0.3, 0.4) is 0 Å². The van der Waals surface area contributed by atoms with Crippen molar-refractivity contribution in [1.29, 1.82) is 0 Å². The number of carbonyl (C=O) groups excluding carboxylic acids is 1. The van der Waals surface area contributed by atoms with E-state index >= 15 is 0 Å². The SMILES string of the molecule is CCNC(=O)O[C@H]1CNC(C(O)(c2ccccc2)c2ccccc2)C1. The highest BCUT2D eigenvalue weighted by molar-refractivity contribution is 5.67. The van der Waals surface area contributed by atoms with Gasteiger partial charge in [-0.05, 0) is 18.1 Å². The average molecular weight is 340 g/mol. The summed E-state index contributed by atoms with van der Waals surface area (Å²) < 4.78 is 5.43. The third-order valence-corrected chi connectivity index (χ3v) is 4.62. The lowest BCUT2D eigenvalue weighted by molar-refractivity contribution is 0.0373. The van der Waals surface area contributed by atoms with Crippen LogP contribution in [-0.4, -0.2) is 36.4 Å². The van der Waals surface area contributed by atoms with Gasteiger partial charge < -0.3 is 20.5 Å². The average Bonchev–Trinajstić information content (AvgIpc) is 3.11. The summed E-state index contributed by atoms with van der Waals surface area (Å²) in [5, 5.41) is 17.7. The number of hydrogen-bond acceptors (Lipinski definition) is 4. The van der Waals surface area contributed by atoms with Gasteiger partial charge in [0.05, 0.1) is 0 Å². The second-order valence-corrected chi connectivity index (χ2v) is 6.25. The molecule has 5 nitrogen and oxygen atoms in total. The van der Waals surface area contributed by atoms with Crippen LogP contribution in [0.1, 0.15) is 24.5 Å². The van der Waals surface area contributed by atoms with Crippen LogP contribution < -0.4 is 10.6 Å². The zero-order valence-electron chi connectivity index (χ0n) is 14.3. The second kappa shape index (κ2) is 7.68. The topological polar surface area (TPSA) is 70.6 Å². The molecule has 1 unspecified atom stereocenters. The minimum atomic E-state index is -1.19. The fourth-order valence-electron chi connectivity index (χ4n) is 3.40. The Morgan fingerprint density at radius 1 is 1.16 bits per heavy atom. The number of rotatable bonds is 5. The minimum absolute atomic E-state index is 0.253. The molecule has 0 aliphatic carbocycles. The first kappa shape index (κ1) is 17.5. The van der Waals surface area contributed by atoms with E-state index in [1.807, 2.05) is 67.6 Å². The summed E-state index contributed by atoms with van der Waals surface area (Å²) in [4.78, 5) is 11.7. The van der Waals surface area contributed by atoms with E-state index < -0.39 is 11.7 Å². The van der Waals surface area contributed by atoms with Crippen LogP contribution in [0.15, 0.2) is 60.7 Å². The van der Waals surface area contributed by atoms with E-state index in [0.717, 1.165) is 11.1 Å². The van der Waals surface area contributed by atoms with Gasteiger partial charge in [0.15, 0.2) is 0 Å². The largest absolute Gasteiger partial charge is 0.445 e. The third kappa shape index (κ3) is 3.67. The first-order valence-corrected chi connectivity index (χ1v) is 8.66. The van der Waals surface area contributed by atoms with Crippen molar-refractivity contribution >= 4 is 6.09 Å². The number of nitrogens with one attached hydrogen (secondary N) is 2. The van der Waals surface area contributed by atoms with Crippen molar-refractivity contribution in [2.24, 2.45) is 0 Å². The molecule has 0 spiro atoms. The Bertz CT molecular complexity index is 651. The fourth-order valence-corrected chi connectivity index (χ4v) is 3.40. The van der Waals surface area contributed by atoms with E-state index in [1.54, 1.807) is 0 Å². The highest BCUT2D eigenvalue weighted by Crippen LogP contribution is 2.36. The van der Waals surface area contributed by atoms with E-state index in [-0.39, 0.29) is 12.1 Å². The molecule has 1 heterocycles. The molecule has 1 amide bonds. The van der Waals surface area contributed by atoms with Crippen LogP contribution in [-0.2, 0) is 10.3 Å². The molecule has 3 rings (SSSR count). The van der Waals surface area contributed by atoms with Crippen LogP contribution in [0, 0.1) is 0 Å². The van der Waals surface area contributed by atoms with Crippen molar-refractivity contribution in [3.63, 3.8) is 0 Å². The highest BCUT2D eigenvalue weighted by Gasteiger charge is 2.44. The van der Waals surface area contributed by atoms with Gasteiger partial charge in [0, 0.05) is 25.6 Å². The van der Waals surface area contributed by atoms with Crippen LogP contribution in [0.2, 0.25) is 0 Å². The van der Waals surface area contributed by atoms with E-state index in [2.05, 4.69) is 10.6 Å². The Morgan fingerprint density at radius 3 is 2.24 bits per heavy atom. The van der Waals surface area contributed by atoms with E-state index in [4.69, 9.17) is 4.74 Å². The molecule has 0 aromatic heterocycles. The summed E-state index contributed by atoms with van der Waals surface area (Å²) in [6, 6.07) is 19.0. The molecule has 132 valence electrons. The van der Waals surface area contributed by atoms with Crippen molar-refractivity contribution in [2.75, 3.05) is 13.1 Å². The van der Waals surface area contributed by atoms with Gasteiger partial charge in [0.2, 0.25) is 0 Å². The lowest BCUT2D eigenvalue weighted by Gasteiger charge is -2.35. The maximum Gasteiger partial charge on any atom is 0.407 e. The summed E-state index contributed by atoms with van der Waals surface area (Å²) in [6.07, 6.45) is -0.148. The summed E-state index contributed by atoms with van der Waals surface area (Å²) in [7, 11) is 0. The van der Waals surface area contributed by atoms with Gasteiger partial charge in [-0.1, -0.05) is 60.7 Å². The van der Waals surface area contributed by atoms with Gasteiger partial charge in [-0.15, -0.1) is 0 Å². The molecule has 2 atom stereocenters. The summed E-state index contributed by atoms with van der Waals surface area (Å²) in [6.45, 7) is 2.89. The van der Waals surface area contributed by atoms with Crippen molar-refractivity contribution in [1.82, 2.24) is 10.6 Å². The zero-order chi connectivity index (χ0) is 17.7. The van der Waals surface area contributed by atoms with Gasteiger partial charge in [-0.25, -0.2) is 4.79 Å². The summed E-state index contributed by atoms with van der Waals surface area (Å²) in [5.41, 5.74) is 0.441. The first-order chi connectivity index (χ1) is 12.1. The van der Waals surface area contributed by atoms with E-state index in [0.29, 0.717) is 19.5 Å². The molecule has 25 heavy (non-hydrogen) atoms. The molecule has 0 saturated carbocycles. The molecule has 1 fully saturated rings. The van der Waals surface area contributed by atoms with Crippen LogP contribution in [0.5, 0.6) is 0 Å². The number of amides is 1. The molecular weight excluding hydrogens is 316 g/mol. The molecule has 1 aliphatic rings. The van der Waals surface area contributed by atoms with Crippen LogP contribution >= 0.6 is 0 Å². The molecule has 0 bridgehead atoms. The molecule has 5 heteroatoms. The van der Waals surface area contributed by atoms with Gasteiger partial charge in [-0.2, -0.15) is 0 Å². The Labute approximate surface area is 148 Å². The lowest BCUT2D eigenvalue weighted by Crippen LogP contribution is -2.46. The predicted octanol–water partition coefficient (Wildman–Crippen LogP) is 2.40. The normalized spacial score (nSPS) is 20.2. The van der Waals surface area contributed by atoms with E-state index in [1.165, 1.54) is 0 Å². The van der Waals surface area contributed by atoms with Crippen molar-refractivity contribution in [3.8, 4) is 0 Å². The molecule has 1 aliphatic heterocycles. The number of hydrogen-bond donors (Lipinski definition) is 3. The maximum atomic E-state index is 11.7. The van der Waals surface area contributed by atoms with Gasteiger partial charge in [0.25, 0.3) is 0 Å². The predicted molar refractivity (Wildman–Crippen MR) is 96.2 cm³/mol. The lowest BCUT2D eigenvalue weighted by atomic mass is 9.79. The number of alkyl carbamates (subject to hydrolysis) is 1. The molecular formula is C20H24N2O3. The van der Waals surface area contributed by atoms with Crippen molar-refractivity contribution in [3.05, 3.63) is 71.8 Å². The molecule has 3 N–H and O–H groups in total. The van der Waals surface area contributed by atoms with Gasteiger partial charge in [0.1, 0.15) is 11.7 Å². The van der Waals surface area contributed by atoms with Crippen LogP contribution in [0.25, 0.3) is 0 Å². The zero-order valence-corrected chi connectivity index (χ0v) is 14.3. The Hall–Kier alpha value is -2.37. The Kier molecular flexibility index (Phi) is 5.36. The number of benzene rings is 2. The second-order valence-electron chi connectivity index (χ2n) is 6.25. The third-order valence-electron chi connectivity index (χ3n) is 4.62. The standard InChI is InChI=1S/C20H24N2O3/c1-2-21-19(23)25-17-13-18(22-14-17)20(24,15-9-5-3-6-10-15)16-11-7-4-8-12-16/h3-12,17-18,22,24H,2,13-14H2,1H3,(H,21,23)/t17-,18?/m1/s1. The monoisotopic (exact) mass is 340 g/mol. The van der Waals surface area contributed by atoms with E-state index in [9.17, 15) is 9.90 Å². The van der Waals surface area contributed by atoms with Crippen molar-refractivity contribution < 1.29 is 14.6 Å². The molecule has 2 aromatic carbocycles. The number of aliphatic hydroxyl groups is 1. The first-order valence-electron chi connectivity index (χ1n) is 8.66. The Balaban J connectivity index is 1.86. The summed E-state index contributed by atoms with van der Waals surface area (Å²) >= 11 is 0. The number of carbonyl (C=O) groups is 1. The maximum absolute atomic E-state index is 11.7. The molecule has 2 aromatic rings. The fraction of sp³-hybridized carbons (Fsp3) is 0.350. The van der Waals surface area contributed by atoms with Gasteiger partial charge >= 0.3 is 6.09 Å². The summed E-state index contributed by atoms with van der Waals surface area (Å²) in [5.74, 6) is 0. The van der Waals surface area contributed by atoms with Crippen molar-refractivity contribution in [2.45, 2.75) is 31.1 Å². The number of ether oxygens (including phenoxy) is 1. The van der Waals surface area contributed by atoms with Gasteiger partial charge in [-0.3, -0.25) is 0 Å². The Morgan fingerprint density at radius 2 is 1.72 bits per heavy atom.